The summed E-state index contributed by atoms with van der Waals surface area (Å²) >= 11 is 5.01. The number of imidazole rings is 1. The van der Waals surface area contributed by atoms with Crippen LogP contribution in [0, 0.1) is 0 Å². The molecule has 3 aromatic rings. The first-order valence-corrected chi connectivity index (χ1v) is 7.53. The van der Waals surface area contributed by atoms with Crippen LogP contribution in [0.2, 0.25) is 0 Å². The van der Waals surface area contributed by atoms with E-state index in [9.17, 15) is 0 Å². The summed E-state index contributed by atoms with van der Waals surface area (Å²) in [6.45, 7) is 0.568. The maximum absolute atomic E-state index is 5.88. The van der Waals surface area contributed by atoms with Crippen molar-refractivity contribution in [3.05, 3.63) is 46.0 Å². The van der Waals surface area contributed by atoms with Crippen molar-refractivity contribution in [2.24, 2.45) is 5.73 Å². The van der Waals surface area contributed by atoms with Crippen LogP contribution >= 0.6 is 27.3 Å². The largest absolute Gasteiger partial charge is 0.437 e. The van der Waals surface area contributed by atoms with E-state index in [1.165, 1.54) is 0 Å². The molecule has 1 aromatic carbocycles. The second-order valence-corrected chi connectivity index (χ2v) is 5.81. The Morgan fingerprint density at radius 1 is 1.42 bits per heavy atom. The van der Waals surface area contributed by atoms with Crippen LogP contribution in [-0.4, -0.2) is 15.9 Å². The standard InChI is InChI=1S/C13H12BrN3OS/c14-9-2-1-3-10(8-9)18-12-11(4-5-15)17-6-7-19-13(17)16-12/h1-3,6-8H,4-5,15H2. The van der Waals surface area contributed by atoms with Gasteiger partial charge in [0.05, 0.1) is 5.69 Å². The number of rotatable bonds is 4. The van der Waals surface area contributed by atoms with Crippen LogP contribution in [0.4, 0.5) is 0 Å². The maximum atomic E-state index is 5.88. The van der Waals surface area contributed by atoms with Gasteiger partial charge in [0.2, 0.25) is 5.88 Å². The summed E-state index contributed by atoms with van der Waals surface area (Å²) in [4.78, 5) is 5.43. The number of nitrogens with zero attached hydrogens (tertiary/aromatic N) is 2. The van der Waals surface area contributed by atoms with E-state index in [0.717, 1.165) is 27.3 Å². The average Bonchev–Trinajstić information content (AvgIpc) is 2.93. The zero-order valence-corrected chi connectivity index (χ0v) is 12.4. The van der Waals surface area contributed by atoms with Crippen molar-refractivity contribution in [1.29, 1.82) is 0 Å². The minimum atomic E-state index is 0.568. The molecule has 0 unspecified atom stereocenters. The quantitative estimate of drug-likeness (QED) is 0.793. The van der Waals surface area contributed by atoms with Gasteiger partial charge in [-0.3, -0.25) is 4.40 Å². The molecule has 2 N–H and O–H groups in total. The smallest absolute Gasteiger partial charge is 0.242 e. The molecule has 98 valence electrons. The van der Waals surface area contributed by atoms with Crippen molar-refractivity contribution < 1.29 is 4.74 Å². The highest BCUT2D eigenvalue weighted by Crippen LogP contribution is 2.29. The number of fused-ring (bicyclic) bond motifs is 1. The molecule has 0 radical (unpaired) electrons. The highest BCUT2D eigenvalue weighted by molar-refractivity contribution is 9.10. The van der Waals surface area contributed by atoms with Crippen molar-refractivity contribution >= 4 is 32.2 Å². The topological polar surface area (TPSA) is 52.5 Å². The number of hydrogen-bond donors (Lipinski definition) is 1. The summed E-state index contributed by atoms with van der Waals surface area (Å²) in [5.74, 6) is 1.40. The lowest BCUT2D eigenvalue weighted by molar-refractivity contribution is 0.459. The number of thiazole rings is 1. The number of ether oxygens (including phenoxy) is 1. The Balaban J connectivity index is 1.99. The SMILES string of the molecule is NCCc1c(Oc2cccc(Br)c2)nc2sccn12. The molecule has 0 saturated carbocycles. The Morgan fingerprint density at radius 2 is 2.32 bits per heavy atom. The molecule has 19 heavy (non-hydrogen) atoms. The minimum Gasteiger partial charge on any atom is -0.437 e. The zero-order chi connectivity index (χ0) is 13.2. The Morgan fingerprint density at radius 3 is 3.11 bits per heavy atom. The van der Waals surface area contributed by atoms with Crippen LogP contribution in [0.1, 0.15) is 5.69 Å². The lowest BCUT2D eigenvalue weighted by Crippen LogP contribution is -2.05. The molecule has 0 spiro atoms. The van der Waals surface area contributed by atoms with E-state index in [2.05, 4.69) is 20.9 Å². The van der Waals surface area contributed by atoms with Gasteiger partial charge in [-0.15, -0.1) is 11.3 Å². The van der Waals surface area contributed by atoms with Crippen molar-refractivity contribution in [2.45, 2.75) is 6.42 Å². The number of nitrogens with two attached hydrogens (primary N) is 1. The van der Waals surface area contributed by atoms with E-state index in [0.29, 0.717) is 12.4 Å². The van der Waals surface area contributed by atoms with Gasteiger partial charge in [0, 0.05) is 22.5 Å². The van der Waals surface area contributed by atoms with Gasteiger partial charge < -0.3 is 10.5 Å². The molecule has 3 rings (SSSR count). The van der Waals surface area contributed by atoms with E-state index in [4.69, 9.17) is 10.5 Å². The summed E-state index contributed by atoms with van der Waals surface area (Å²) in [7, 11) is 0. The fourth-order valence-corrected chi connectivity index (χ4v) is 3.00. The predicted molar refractivity (Wildman–Crippen MR) is 80.0 cm³/mol. The number of aromatic nitrogens is 2. The van der Waals surface area contributed by atoms with Crippen LogP contribution in [0.5, 0.6) is 11.6 Å². The lowest BCUT2D eigenvalue weighted by atomic mass is 10.3. The molecule has 0 aliphatic heterocycles. The van der Waals surface area contributed by atoms with Gasteiger partial charge in [-0.25, -0.2) is 0 Å². The van der Waals surface area contributed by atoms with Crippen LogP contribution in [0.25, 0.3) is 4.96 Å². The van der Waals surface area contributed by atoms with Gasteiger partial charge >= 0.3 is 0 Å². The minimum absolute atomic E-state index is 0.568. The zero-order valence-electron chi connectivity index (χ0n) is 10.0. The Kier molecular flexibility index (Phi) is 3.54. The molecule has 0 atom stereocenters. The first kappa shape index (κ1) is 12.7. The summed E-state index contributed by atoms with van der Waals surface area (Å²) in [6.07, 6.45) is 2.73. The van der Waals surface area contributed by atoms with Crippen LogP contribution in [0.15, 0.2) is 40.3 Å². The molecule has 2 heterocycles. The van der Waals surface area contributed by atoms with E-state index >= 15 is 0 Å². The maximum Gasteiger partial charge on any atom is 0.242 e. The van der Waals surface area contributed by atoms with Crippen molar-refractivity contribution in [1.82, 2.24) is 9.38 Å². The average molecular weight is 338 g/mol. The molecule has 2 aromatic heterocycles. The van der Waals surface area contributed by atoms with Crippen molar-refractivity contribution in [2.75, 3.05) is 6.54 Å². The van der Waals surface area contributed by atoms with E-state index < -0.39 is 0 Å². The lowest BCUT2D eigenvalue weighted by Gasteiger charge is -2.05. The molecule has 0 saturated heterocycles. The third-order valence-corrected chi connectivity index (χ3v) is 3.97. The van der Waals surface area contributed by atoms with Gasteiger partial charge in [-0.2, -0.15) is 4.98 Å². The molecular weight excluding hydrogens is 326 g/mol. The second kappa shape index (κ2) is 5.32. The molecule has 0 aliphatic carbocycles. The first-order chi connectivity index (χ1) is 9.28. The number of halogens is 1. The summed E-state index contributed by atoms with van der Waals surface area (Å²) < 4.78 is 8.89. The van der Waals surface area contributed by atoms with Gasteiger partial charge in [0.1, 0.15) is 5.75 Å². The molecule has 0 fully saturated rings. The van der Waals surface area contributed by atoms with Gasteiger partial charge in [0.25, 0.3) is 0 Å². The fraction of sp³-hybridized carbons (Fsp3) is 0.154. The third kappa shape index (κ3) is 2.51. The van der Waals surface area contributed by atoms with Gasteiger partial charge in [0.15, 0.2) is 4.96 Å². The molecule has 4 nitrogen and oxygen atoms in total. The Labute approximate surface area is 123 Å². The highest BCUT2D eigenvalue weighted by Gasteiger charge is 2.14. The second-order valence-electron chi connectivity index (χ2n) is 4.02. The molecule has 0 amide bonds. The van der Waals surface area contributed by atoms with Gasteiger partial charge in [-0.1, -0.05) is 22.0 Å². The summed E-state index contributed by atoms with van der Waals surface area (Å²) in [6, 6.07) is 7.71. The fourth-order valence-electron chi connectivity index (χ4n) is 1.90. The Bertz CT molecular complexity index is 707. The van der Waals surface area contributed by atoms with E-state index in [1.807, 2.05) is 40.2 Å². The molecule has 0 bridgehead atoms. The summed E-state index contributed by atoms with van der Waals surface area (Å²) in [5, 5.41) is 2.01. The number of benzene rings is 1. The van der Waals surface area contributed by atoms with Crippen LogP contribution in [0.3, 0.4) is 0 Å². The van der Waals surface area contributed by atoms with Crippen LogP contribution in [-0.2, 0) is 6.42 Å². The Hall–Kier alpha value is -1.37. The third-order valence-electron chi connectivity index (χ3n) is 2.72. The first-order valence-electron chi connectivity index (χ1n) is 5.86. The monoisotopic (exact) mass is 337 g/mol. The predicted octanol–water partition coefficient (Wildman–Crippen LogP) is 3.45. The molecule has 0 aliphatic rings. The van der Waals surface area contributed by atoms with Crippen molar-refractivity contribution in [3.63, 3.8) is 0 Å². The van der Waals surface area contributed by atoms with E-state index in [1.54, 1.807) is 11.3 Å². The number of hydrogen-bond acceptors (Lipinski definition) is 4. The summed E-state index contributed by atoms with van der Waals surface area (Å²) in [5.41, 5.74) is 6.68. The van der Waals surface area contributed by atoms with Crippen molar-refractivity contribution in [3.8, 4) is 11.6 Å². The van der Waals surface area contributed by atoms with E-state index in [-0.39, 0.29) is 0 Å². The highest BCUT2D eigenvalue weighted by atomic mass is 79.9. The molecule has 6 heteroatoms. The van der Waals surface area contributed by atoms with Gasteiger partial charge in [-0.05, 0) is 24.7 Å². The van der Waals surface area contributed by atoms with Crippen LogP contribution < -0.4 is 10.5 Å². The molecular formula is C13H12BrN3OS. The normalized spacial score (nSPS) is 11.1.